The number of hydrogen-bond acceptors (Lipinski definition) is 4. The summed E-state index contributed by atoms with van der Waals surface area (Å²) in [6.45, 7) is 6.88. The SMILES string of the molecule is CO[C@@H]1CCC[C@](C)(N2CCC(Nc3cc(C)ccc3N)CC2)C1. The molecule has 0 aromatic heterocycles. The van der Waals surface area contributed by atoms with Crippen LogP contribution in [0, 0.1) is 6.92 Å². The molecule has 4 heteroatoms. The molecule has 4 nitrogen and oxygen atoms in total. The number of benzene rings is 1. The number of nitrogen functional groups attached to an aromatic ring is 1. The lowest BCUT2D eigenvalue weighted by molar-refractivity contribution is -0.0250. The summed E-state index contributed by atoms with van der Waals surface area (Å²) < 4.78 is 5.65. The van der Waals surface area contributed by atoms with E-state index in [2.05, 4.69) is 36.2 Å². The molecule has 0 radical (unpaired) electrons. The third-order valence-electron chi connectivity index (χ3n) is 6.07. The van der Waals surface area contributed by atoms with Crippen molar-refractivity contribution < 1.29 is 4.74 Å². The highest BCUT2D eigenvalue weighted by Gasteiger charge is 2.38. The van der Waals surface area contributed by atoms with Gasteiger partial charge in [-0.15, -0.1) is 0 Å². The van der Waals surface area contributed by atoms with Crippen molar-refractivity contribution in [1.82, 2.24) is 4.90 Å². The summed E-state index contributed by atoms with van der Waals surface area (Å²) in [5.41, 5.74) is 9.63. The molecule has 24 heavy (non-hydrogen) atoms. The summed E-state index contributed by atoms with van der Waals surface area (Å²) in [5.74, 6) is 0. The molecule has 1 heterocycles. The highest BCUT2D eigenvalue weighted by Crippen LogP contribution is 2.36. The number of rotatable bonds is 4. The number of ether oxygens (including phenoxy) is 1. The molecule has 2 atom stereocenters. The van der Waals surface area contributed by atoms with Gasteiger partial charge in [0, 0.05) is 31.8 Å². The average Bonchev–Trinajstić information content (AvgIpc) is 2.59. The van der Waals surface area contributed by atoms with Gasteiger partial charge in [0.15, 0.2) is 0 Å². The van der Waals surface area contributed by atoms with Gasteiger partial charge in [0.25, 0.3) is 0 Å². The van der Waals surface area contributed by atoms with E-state index in [1.165, 1.54) is 44.1 Å². The minimum Gasteiger partial charge on any atom is -0.397 e. The van der Waals surface area contributed by atoms with Crippen LogP contribution in [0.25, 0.3) is 0 Å². The van der Waals surface area contributed by atoms with Gasteiger partial charge in [-0.3, -0.25) is 4.90 Å². The zero-order chi connectivity index (χ0) is 17.2. The second-order valence-corrected chi connectivity index (χ2v) is 7.95. The molecular weight excluding hydrogens is 298 g/mol. The molecule has 3 rings (SSSR count). The van der Waals surface area contributed by atoms with E-state index in [0.717, 1.165) is 24.5 Å². The van der Waals surface area contributed by atoms with Crippen LogP contribution in [0.1, 0.15) is 51.0 Å². The second-order valence-electron chi connectivity index (χ2n) is 7.95. The van der Waals surface area contributed by atoms with Gasteiger partial charge in [-0.1, -0.05) is 6.07 Å². The first-order valence-corrected chi connectivity index (χ1v) is 9.41. The van der Waals surface area contributed by atoms with E-state index in [4.69, 9.17) is 10.5 Å². The van der Waals surface area contributed by atoms with Crippen LogP contribution in [0.15, 0.2) is 18.2 Å². The predicted octanol–water partition coefficient (Wildman–Crippen LogP) is 3.80. The second kappa shape index (κ2) is 7.32. The van der Waals surface area contributed by atoms with Crippen LogP contribution < -0.4 is 11.1 Å². The van der Waals surface area contributed by atoms with Gasteiger partial charge < -0.3 is 15.8 Å². The summed E-state index contributed by atoms with van der Waals surface area (Å²) >= 11 is 0. The largest absolute Gasteiger partial charge is 0.397 e. The monoisotopic (exact) mass is 331 g/mol. The number of nitrogens with two attached hydrogens (primary N) is 1. The normalized spacial score (nSPS) is 29.5. The molecule has 0 bridgehead atoms. The van der Waals surface area contributed by atoms with Crippen molar-refractivity contribution in [3.8, 4) is 0 Å². The standard InChI is InChI=1S/C20H33N3O/c1-15-6-7-18(21)19(13-15)22-16-8-11-23(12-9-16)20(2)10-4-5-17(14-20)24-3/h6-7,13,16-17,22H,4-5,8-12,14,21H2,1-3H3/t17-,20+/m1/s1. The molecule has 0 amide bonds. The van der Waals surface area contributed by atoms with Crippen LogP contribution in [0.5, 0.6) is 0 Å². The van der Waals surface area contributed by atoms with Crippen LogP contribution >= 0.6 is 0 Å². The van der Waals surface area contributed by atoms with Crippen LogP contribution in [0.2, 0.25) is 0 Å². The van der Waals surface area contributed by atoms with E-state index < -0.39 is 0 Å². The molecule has 1 saturated carbocycles. The fourth-order valence-electron chi connectivity index (χ4n) is 4.47. The topological polar surface area (TPSA) is 50.5 Å². The number of nitrogens with one attached hydrogen (secondary N) is 1. The van der Waals surface area contributed by atoms with E-state index >= 15 is 0 Å². The number of nitrogens with zero attached hydrogens (tertiary/aromatic N) is 1. The molecule has 134 valence electrons. The Hall–Kier alpha value is -1.26. The number of hydrogen-bond donors (Lipinski definition) is 2. The van der Waals surface area contributed by atoms with Crippen molar-refractivity contribution in [3.05, 3.63) is 23.8 Å². The van der Waals surface area contributed by atoms with Crippen molar-refractivity contribution in [2.75, 3.05) is 31.2 Å². The Balaban J connectivity index is 1.56. The Morgan fingerprint density at radius 3 is 2.71 bits per heavy atom. The van der Waals surface area contributed by atoms with E-state index in [9.17, 15) is 0 Å². The highest BCUT2D eigenvalue weighted by atomic mass is 16.5. The first kappa shape index (κ1) is 17.6. The fourth-order valence-corrected chi connectivity index (χ4v) is 4.47. The summed E-state index contributed by atoms with van der Waals surface area (Å²) in [6.07, 6.45) is 7.78. The van der Waals surface area contributed by atoms with E-state index in [-0.39, 0.29) is 0 Å². The van der Waals surface area contributed by atoms with Gasteiger partial charge in [0.2, 0.25) is 0 Å². The summed E-state index contributed by atoms with van der Waals surface area (Å²) in [5, 5.41) is 3.67. The highest BCUT2D eigenvalue weighted by molar-refractivity contribution is 5.67. The molecule has 1 aromatic rings. The van der Waals surface area contributed by atoms with Crippen LogP contribution in [-0.4, -0.2) is 42.8 Å². The third-order valence-corrected chi connectivity index (χ3v) is 6.07. The zero-order valence-corrected chi connectivity index (χ0v) is 15.5. The lowest BCUT2D eigenvalue weighted by Crippen LogP contribution is -2.54. The van der Waals surface area contributed by atoms with Gasteiger partial charge in [0.05, 0.1) is 17.5 Å². The molecule has 3 N–H and O–H groups in total. The lowest BCUT2D eigenvalue weighted by atomic mass is 9.79. The van der Waals surface area contributed by atoms with Crippen molar-refractivity contribution >= 4 is 11.4 Å². The fraction of sp³-hybridized carbons (Fsp3) is 0.700. The maximum atomic E-state index is 6.12. The quantitative estimate of drug-likeness (QED) is 0.824. The van der Waals surface area contributed by atoms with Crippen LogP contribution in [0.3, 0.4) is 0 Å². The Morgan fingerprint density at radius 1 is 1.25 bits per heavy atom. The van der Waals surface area contributed by atoms with Gasteiger partial charge >= 0.3 is 0 Å². The molecular formula is C20H33N3O. The van der Waals surface area contributed by atoms with Crippen LogP contribution in [-0.2, 0) is 4.74 Å². The molecule has 2 aliphatic rings. The summed E-state index contributed by atoms with van der Waals surface area (Å²) in [4.78, 5) is 2.70. The Bertz CT molecular complexity index is 554. The zero-order valence-electron chi connectivity index (χ0n) is 15.5. The predicted molar refractivity (Wildman–Crippen MR) is 101 cm³/mol. The van der Waals surface area contributed by atoms with E-state index in [1.54, 1.807) is 0 Å². The minimum absolute atomic E-state index is 0.312. The van der Waals surface area contributed by atoms with E-state index in [0.29, 0.717) is 17.7 Å². The number of likely N-dealkylation sites (tertiary alicyclic amines) is 1. The smallest absolute Gasteiger partial charge is 0.0588 e. The lowest BCUT2D eigenvalue weighted by Gasteiger charge is -2.49. The van der Waals surface area contributed by atoms with Gasteiger partial charge in [-0.25, -0.2) is 0 Å². The molecule has 2 fully saturated rings. The maximum Gasteiger partial charge on any atom is 0.0588 e. The maximum absolute atomic E-state index is 6.12. The number of aryl methyl sites for hydroxylation is 1. The Labute approximate surface area is 146 Å². The third kappa shape index (κ3) is 3.86. The molecule has 1 saturated heterocycles. The molecule has 1 aromatic carbocycles. The molecule has 0 unspecified atom stereocenters. The van der Waals surface area contributed by atoms with Gasteiger partial charge in [0.1, 0.15) is 0 Å². The summed E-state index contributed by atoms with van der Waals surface area (Å²) in [6, 6.07) is 6.75. The van der Waals surface area contributed by atoms with Crippen molar-refractivity contribution in [3.63, 3.8) is 0 Å². The first-order valence-electron chi connectivity index (χ1n) is 9.41. The minimum atomic E-state index is 0.312. The average molecular weight is 332 g/mol. The van der Waals surface area contributed by atoms with Crippen LogP contribution in [0.4, 0.5) is 11.4 Å². The molecule has 0 spiro atoms. The van der Waals surface area contributed by atoms with Crippen molar-refractivity contribution in [2.24, 2.45) is 0 Å². The van der Waals surface area contributed by atoms with Crippen molar-refractivity contribution in [1.29, 1.82) is 0 Å². The summed E-state index contributed by atoms with van der Waals surface area (Å²) in [7, 11) is 1.86. The number of methoxy groups -OCH3 is 1. The molecule has 1 aliphatic carbocycles. The first-order chi connectivity index (χ1) is 11.5. The Kier molecular flexibility index (Phi) is 5.36. The number of anilines is 2. The van der Waals surface area contributed by atoms with Gasteiger partial charge in [-0.05, 0) is 70.1 Å². The number of piperidine rings is 1. The molecule has 1 aliphatic heterocycles. The van der Waals surface area contributed by atoms with Crippen molar-refractivity contribution in [2.45, 2.75) is 70.1 Å². The Morgan fingerprint density at radius 2 is 2.00 bits per heavy atom. The van der Waals surface area contributed by atoms with E-state index in [1.807, 2.05) is 13.2 Å². The van der Waals surface area contributed by atoms with Gasteiger partial charge in [-0.2, -0.15) is 0 Å².